The number of anilines is 2. The van der Waals surface area contributed by atoms with E-state index in [1.807, 2.05) is 0 Å². The number of sulfonamides is 1. The third kappa shape index (κ3) is 5.22. The average Bonchev–Trinajstić information content (AvgIpc) is 3.47. The standard InChI is InChI=1S/C19H19N3O7S2/c1-27-17(23)15(18(24)28-2)16(14-4-3-10-29-14)21-12-5-7-13(8-6-12)31(25,26)22-19-20-9-11-30-19/h3-11,15-16,21H,1-2H3,(H,20,22)/t16-/m0/s1. The zero-order chi connectivity index (χ0) is 22.4. The van der Waals surface area contributed by atoms with E-state index in [0.717, 1.165) is 25.6 Å². The fraction of sp³-hybridized carbons (Fsp3) is 0.211. The van der Waals surface area contributed by atoms with Crippen molar-refractivity contribution in [1.29, 1.82) is 0 Å². The number of carbonyl (C=O) groups excluding carboxylic acids is 2. The average molecular weight is 466 g/mol. The maximum absolute atomic E-state index is 12.5. The number of ether oxygens (including phenoxy) is 2. The van der Waals surface area contributed by atoms with E-state index >= 15 is 0 Å². The van der Waals surface area contributed by atoms with Crippen molar-refractivity contribution in [3.63, 3.8) is 0 Å². The van der Waals surface area contributed by atoms with Gasteiger partial charge in [-0.05, 0) is 36.4 Å². The van der Waals surface area contributed by atoms with Gasteiger partial charge in [0.2, 0.25) is 0 Å². The first kappa shape index (κ1) is 22.3. The Balaban J connectivity index is 1.86. The van der Waals surface area contributed by atoms with Crippen LogP contribution in [0.1, 0.15) is 11.8 Å². The smallest absolute Gasteiger partial charge is 0.322 e. The number of hydrogen-bond donors (Lipinski definition) is 2. The predicted molar refractivity (Wildman–Crippen MR) is 112 cm³/mol. The highest BCUT2D eigenvalue weighted by Gasteiger charge is 2.39. The monoisotopic (exact) mass is 465 g/mol. The molecule has 2 heterocycles. The molecule has 0 radical (unpaired) electrons. The molecule has 0 bridgehead atoms. The minimum Gasteiger partial charge on any atom is -0.468 e. The van der Waals surface area contributed by atoms with E-state index in [0.29, 0.717) is 11.4 Å². The number of methoxy groups -OCH3 is 2. The Kier molecular flexibility index (Phi) is 6.92. The molecule has 3 rings (SSSR count). The normalized spacial score (nSPS) is 12.2. The van der Waals surface area contributed by atoms with Crippen LogP contribution in [0.4, 0.5) is 10.8 Å². The predicted octanol–water partition coefficient (Wildman–Crippen LogP) is 2.65. The lowest BCUT2D eigenvalue weighted by atomic mass is 9.97. The van der Waals surface area contributed by atoms with Gasteiger partial charge in [0.05, 0.1) is 25.4 Å². The van der Waals surface area contributed by atoms with Crippen molar-refractivity contribution in [3.05, 3.63) is 60.0 Å². The van der Waals surface area contributed by atoms with Crippen molar-refractivity contribution in [2.24, 2.45) is 5.92 Å². The van der Waals surface area contributed by atoms with Crippen LogP contribution in [0.5, 0.6) is 0 Å². The van der Waals surface area contributed by atoms with Gasteiger partial charge in [-0.15, -0.1) is 11.3 Å². The Bertz CT molecular complexity index is 1100. The van der Waals surface area contributed by atoms with Gasteiger partial charge in [0.25, 0.3) is 10.0 Å². The molecule has 0 aliphatic heterocycles. The SMILES string of the molecule is COC(=O)C(C(=O)OC)[C@@H](Nc1ccc(S(=O)(=O)Nc2nccs2)cc1)c1ccco1. The highest BCUT2D eigenvalue weighted by atomic mass is 32.2. The van der Waals surface area contributed by atoms with Crippen LogP contribution in [-0.4, -0.2) is 39.6 Å². The second-order valence-electron chi connectivity index (χ2n) is 6.13. The molecule has 3 aromatic rings. The number of carbonyl (C=O) groups is 2. The van der Waals surface area contributed by atoms with Gasteiger partial charge < -0.3 is 19.2 Å². The van der Waals surface area contributed by atoms with E-state index in [9.17, 15) is 18.0 Å². The molecule has 1 aromatic carbocycles. The Morgan fingerprint density at radius 2 is 1.77 bits per heavy atom. The summed E-state index contributed by atoms with van der Waals surface area (Å²) in [5.74, 6) is -2.68. The maximum atomic E-state index is 12.5. The Labute approximate surface area is 182 Å². The molecule has 0 aliphatic carbocycles. The van der Waals surface area contributed by atoms with Gasteiger partial charge in [-0.2, -0.15) is 0 Å². The second kappa shape index (κ2) is 9.62. The van der Waals surface area contributed by atoms with Crippen molar-refractivity contribution >= 4 is 44.1 Å². The first-order chi connectivity index (χ1) is 14.9. The maximum Gasteiger partial charge on any atom is 0.322 e. The molecule has 0 spiro atoms. The van der Waals surface area contributed by atoms with Gasteiger partial charge in [0.1, 0.15) is 11.8 Å². The number of furan rings is 1. The molecular weight excluding hydrogens is 446 g/mol. The molecular formula is C19H19N3O7S2. The molecule has 164 valence electrons. The Morgan fingerprint density at radius 3 is 2.29 bits per heavy atom. The lowest BCUT2D eigenvalue weighted by molar-refractivity contribution is -0.159. The number of benzene rings is 1. The number of esters is 2. The first-order valence-electron chi connectivity index (χ1n) is 8.83. The zero-order valence-electron chi connectivity index (χ0n) is 16.5. The minimum absolute atomic E-state index is 0.0142. The molecule has 10 nitrogen and oxygen atoms in total. The third-order valence-corrected chi connectivity index (χ3v) is 6.41. The van der Waals surface area contributed by atoms with E-state index < -0.39 is 33.9 Å². The summed E-state index contributed by atoms with van der Waals surface area (Å²) >= 11 is 1.16. The number of aromatic nitrogens is 1. The van der Waals surface area contributed by atoms with E-state index in [4.69, 9.17) is 13.9 Å². The van der Waals surface area contributed by atoms with Crippen molar-refractivity contribution in [2.75, 3.05) is 24.3 Å². The van der Waals surface area contributed by atoms with Crippen LogP contribution in [0.25, 0.3) is 0 Å². The van der Waals surface area contributed by atoms with Gasteiger partial charge in [-0.25, -0.2) is 13.4 Å². The van der Waals surface area contributed by atoms with Gasteiger partial charge in [0, 0.05) is 17.3 Å². The van der Waals surface area contributed by atoms with E-state index in [2.05, 4.69) is 15.0 Å². The summed E-state index contributed by atoms with van der Waals surface area (Å²) in [5, 5.41) is 4.92. The highest BCUT2D eigenvalue weighted by molar-refractivity contribution is 7.93. The highest BCUT2D eigenvalue weighted by Crippen LogP contribution is 2.30. The Hall–Kier alpha value is -3.38. The molecule has 2 aromatic heterocycles. The molecule has 0 saturated heterocycles. The van der Waals surface area contributed by atoms with Crippen LogP contribution < -0.4 is 10.0 Å². The van der Waals surface area contributed by atoms with Crippen LogP contribution >= 0.6 is 11.3 Å². The van der Waals surface area contributed by atoms with Crippen molar-refractivity contribution in [1.82, 2.24) is 4.98 Å². The lowest BCUT2D eigenvalue weighted by Crippen LogP contribution is -2.35. The van der Waals surface area contributed by atoms with Crippen LogP contribution in [0.2, 0.25) is 0 Å². The number of nitrogens with one attached hydrogen (secondary N) is 2. The number of rotatable bonds is 9. The number of nitrogens with zero attached hydrogens (tertiary/aromatic N) is 1. The molecule has 2 N–H and O–H groups in total. The largest absolute Gasteiger partial charge is 0.468 e. The Morgan fingerprint density at radius 1 is 1.10 bits per heavy atom. The van der Waals surface area contributed by atoms with Crippen LogP contribution in [0, 0.1) is 5.92 Å². The van der Waals surface area contributed by atoms with Crippen LogP contribution in [0.3, 0.4) is 0 Å². The quantitative estimate of drug-likeness (QED) is 0.361. The first-order valence-corrected chi connectivity index (χ1v) is 11.2. The van der Waals surface area contributed by atoms with E-state index in [-0.39, 0.29) is 10.0 Å². The summed E-state index contributed by atoms with van der Waals surface area (Å²) in [6.45, 7) is 0. The number of thiazole rings is 1. The zero-order valence-corrected chi connectivity index (χ0v) is 18.1. The minimum atomic E-state index is -3.82. The molecule has 12 heteroatoms. The van der Waals surface area contributed by atoms with Crippen LogP contribution in [-0.2, 0) is 29.1 Å². The van der Waals surface area contributed by atoms with Gasteiger partial charge in [-0.1, -0.05) is 0 Å². The van der Waals surface area contributed by atoms with Gasteiger partial charge in [-0.3, -0.25) is 14.3 Å². The fourth-order valence-corrected chi connectivity index (χ4v) is 4.56. The van der Waals surface area contributed by atoms with E-state index in [1.165, 1.54) is 36.7 Å². The summed E-state index contributed by atoms with van der Waals surface area (Å²) < 4.78 is 42.2. The van der Waals surface area contributed by atoms with Gasteiger partial charge in [0.15, 0.2) is 11.0 Å². The fourth-order valence-electron chi connectivity index (χ4n) is 2.77. The molecule has 0 saturated carbocycles. The third-order valence-electron chi connectivity index (χ3n) is 4.23. The van der Waals surface area contributed by atoms with Crippen molar-refractivity contribution in [2.45, 2.75) is 10.9 Å². The van der Waals surface area contributed by atoms with Crippen molar-refractivity contribution < 1.29 is 31.9 Å². The van der Waals surface area contributed by atoms with Crippen LogP contribution in [0.15, 0.2) is 63.6 Å². The molecule has 31 heavy (non-hydrogen) atoms. The molecule has 1 atom stereocenters. The molecule has 0 amide bonds. The summed E-state index contributed by atoms with van der Waals surface area (Å²) in [6.07, 6.45) is 2.89. The second-order valence-corrected chi connectivity index (χ2v) is 8.71. The summed E-state index contributed by atoms with van der Waals surface area (Å²) in [6, 6.07) is 8.00. The summed E-state index contributed by atoms with van der Waals surface area (Å²) in [4.78, 5) is 28.5. The summed E-state index contributed by atoms with van der Waals surface area (Å²) in [5.41, 5.74) is 0.437. The van der Waals surface area contributed by atoms with Gasteiger partial charge >= 0.3 is 11.9 Å². The number of hydrogen-bond acceptors (Lipinski definition) is 10. The van der Waals surface area contributed by atoms with Crippen molar-refractivity contribution in [3.8, 4) is 0 Å². The molecule has 0 unspecified atom stereocenters. The lowest BCUT2D eigenvalue weighted by Gasteiger charge is -2.24. The summed E-state index contributed by atoms with van der Waals surface area (Å²) in [7, 11) is -1.50. The van der Waals surface area contributed by atoms with E-state index in [1.54, 1.807) is 17.5 Å². The topological polar surface area (TPSA) is 137 Å². The molecule has 0 aliphatic rings. The molecule has 0 fully saturated rings.